The Morgan fingerprint density at radius 2 is 1.79 bits per heavy atom. The zero-order chi connectivity index (χ0) is 23.5. The predicted molar refractivity (Wildman–Crippen MR) is 123 cm³/mol. The summed E-state index contributed by atoms with van der Waals surface area (Å²) in [5, 5.41) is 21.5. The Labute approximate surface area is 190 Å². The number of hydrogen-bond donors (Lipinski definition) is 1. The smallest absolute Gasteiger partial charge is 0.293 e. The molecule has 2 bridgehead atoms. The van der Waals surface area contributed by atoms with Crippen LogP contribution in [0.4, 0.5) is 5.95 Å². The molecule has 3 aliphatic carbocycles. The van der Waals surface area contributed by atoms with E-state index in [-0.39, 0.29) is 27.9 Å². The van der Waals surface area contributed by atoms with Crippen molar-refractivity contribution < 1.29 is 4.74 Å². The number of nitrogens with zero attached hydrogens (tertiary/aromatic N) is 6. The molecule has 0 aliphatic heterocycles. The van der Waals surface area contributed by atoms with Crippen LogP contribution in [0.25, 0.3) is 17.1 Å². The molecule has 3 saturated carbocycles. The van der Waals surface area contributed by atoms with Gasteiger partial charge in [0.2, 0.25) is 5.95 Å². The summed E-state index contributed by atoms with van der Waals surface area (Å²) in [7, 11) is 3.44. The number of anilines is 1. The van der Waals surface area contributed by atoms with Crippen molar-refractivity contribution in [1.82, 2.24) is 19.3 Å². The number of nitrogens with one attached hydrogen (secondary N) is 1. The van der Waals surface area contributed by atoms with Crippen molar-refractivity contribution in [3.05, 3.63) is 45.3 Å². The van der Waals surface area contributed by atoms with Crippen molar-refractivity contribution in [2.75, 3.05) is 5.32 Å². The number of nitriles is 2. The largest absolute Gasteiger partial charge is 0.436 e. The van der Waals surface area contributed by atoms with E-state index in [0.717, 1.165) is 36.0 Å². The van der Waals surface area contributed by atoms with E-state index < -0.39 is 0 Å². The first-order chi connectivity index (χ1) is 15.7. The lowest BCUT2D eigenvalue weighted by molar-refractivity contribution is -0.0665. The van der Waals surface area contributed by atoms with Crippen LogP contribution in [0.5, 0.6) is 11.6 Å². The molecule has 0 unspecified atom stereocenters. The molecule has 9 nitrogen and oxygen atoms in total. The van der Waals surface area contributed by atoms with Crippen molar-refractivity contribution >= 4 is 23.1 Å². The van der Waals surface area contributed by atoms with Crippen molar-refractivity contribution in [2.45, 2.75) is 38.6 Å². The first kappa shape index (κ1) is 20.8. The average molecular weight is 441 g/mol. The Balaban J connectivity index is 1.57. The van der Waals surface area contributed by atoms with E-state index in [2.05, 4.69) is 21.4 Å². The number of hydrogen-bond acceptors (Lipinski definition) is 7. The van der Waals surface area contributed by atoms with Gasteiger partial charge < -0.3 is 10.1 Å². The van der Waals surface area contributed by atoms with Crippen LogP contribution in [0.1, 0.15) is 36.0 Å². The van der Waals surface area contributed by atoms with E-state index in [1.807, 2.05) is 32.0 Å². The molecule has 0 saturated heterocycles. The molecule has 0 atom stereocenters. The maximum Gasteiger partial charge on any atom is 0.293 e. The van der Waals surface area contributed by atoms with Gasteiger partial charge in [0.1, 0.15) is 5.75 Å². The molecule has 1 N–H and O–H groups in total. The summed E-state index contributed by atoms with van der Waals surface area (Å²) in [5.41, 5.74) is 2.81. The highest BCUT2D eigenvalue weighted by Gasteiger charge is 2.69. The number of aromatic nitrogens is 4. The molecule has 9 heteroatoms. The van der Waals surface area contributed by atoms with E-state index in [1.54, 1.807) is 24.9 Å². The van der Waals surface area contributed by atoms with Crippen molar-refractivity contribution in [3.63, 3.8) is 0 Å². The van der Waals surface area contributed by atoms with Crippen molar-refractivity contribution in [1.29, 1.82) is 10.5 Å². The van der Waals surface area contributed by atoms with E-state index >= 15 is 0 Å². The van der Waals surface area contributed by atoms with E-state index in [0.29, 0.717) is 17.2 Å². The zero-order valence-corrected chi connectivity index (χ0v) is 18.9. The Hall–Kier alpha value is -4.11. The molecule has 3 fully saturated rings. The Bertz CT molecular complexity index is 1450. The van der Waals surface area contributed by atoms with E-state index in [4.69, 9.17) is 10.00 Å². The average Bonchev–Trinajstić information content (AvgIpc) is 2.94. The van der Waals surface area contributed by atoms with Gasteiger partial charge in [0.15, 0.2) is 11.0 Å². The molecule has 2 aromatic heterocycles. The van der Waals surface area contributed by atoms with Crippen molar-refractivity contribution in [3.8, 4) is 23.8 Å². The molecule has 0 spiro atoms. The fourth-order valence-electron chi connectivity index (χ4n) is 5.19. The normalized spacial score (nSPS) is 23.0. The fraction of sp³-hybridized carbons (Fsp3) is 0.375. The zero-order valence-electron chi connectivity index (χ0n) is 18.9. The van der Waals surface area contributed by atoms with Gasteiger partial charge in [-0.1, -0.05) is 0 Å². The number of benzene rings is 1. The first-order valence-corrected chi connectivity index (χ1v) is 10.7. The maximum absolute atomic E-state index is 12.8. The highest BCUT2D eigenvalue weighted by Crippen LogP contribution is 2.67. The molecular weight excluding hydrogens is 418 g/mol. The minimum atomic E-state index is -0.237. The van der Waals surface area contributed by atoms with Crippen LogP contribution in [0, 0.1) is 41.9 Å². The third-order valence-electron chi connectivity index (χ3n) is 6.80. The standard InChI is InChI=1S/C24H23N7O2/c1-14-8-16(6-5-7-25)9-15(2)19(14)33-20-18-17(21(32)31(4)30(18)3)27-22(28-20)29-24-10-23(11-24,12-24)13-26/h5-6,8-9H,10-12H2,1-4H3,(H,27,28,29)/b6-5+. The van der Waals surface area contributed by atoms with Gasteiger partial charge in [0, 0.05) is 25.7 Å². The van der Waals surface area contributed by atoms with Gasteiger partial charge in [-0.2, -0.15) is 15.5 Å². The van der Waals surface area contributed by atoms with Crippen LogP contribution < -0.4 is 15.6 Å². The first-order valence-electron chi connectivity index (χ1n) is 10.7. The summed E-state index contributed by atoms with van der Waals surface area (Å²) < 4.78 is 9.46. The molecular formula is C24H23N7O2. The number of aryl methyl sites for hydroxylation is 3. The molecule has 1 aromatic carbocycles. The monoisotopic (exact) mass is 441 g/mol. The van der Waals surface area contributed by atoms with Gasteiger partial charge in [-0.05, 0) is 68.0 Å². The van der Waals surface area contributed by atoms with E-state index in [1.165, 1.54) is 10.8 Å². The molecule has 0 radical (unpaired) electrons. The summed E-state index contributed by atoms with van der Waals surface area (Å²) in [4.78, 5) is 22.0. The molecule has 166 valence electrons. The third kappa shape index (κ3) is 3.08. The van der Waals surface area contributed by atoms with Crippen LogP contribution in [-0.2, 0) is 14.1 Å². The SMILES string of the molecule is Cc1cc(/C=C/C#N)cc(C)c1Oc1nc(NC23CC(C#N)(C2)C3)nc2c(=O)n(C)n(C)c12. The summed E-state index contributed by atoms with van der Waals surface area (Å²) in [6.45, 7) is 3.85. The lowest BCUT2D eigenvalue weighted by Gasteiger charge is -2.66. The Morgan fingerprint density at radius 3 is 2.39 bits per heavy atom. The lowest BCUT2D eigenvalue weighted by Crippen LogP contribution is -2.70. The number of allylic oxidation sites excluding steroid dienone is 1. The number of ether oxygens (including phenoxy) is 1. The van der Waals surface area contributed by atoms with Gasteiger partial charge in [0.05, 0.1) is 17.6 Å². The highest BCUT2D eigenvalue weighted by molar-refractivity contribution is 5.81. The summed E-state index contributed by atoms with van der Waals surface area (Å²) in [6, 6.07) is 8.25. The summed E-state index contributed by atoms with van der Waals surface area (Å²) in [5.74, 6) is 1.26. The van der Waals surface area contributed by atoms with Gasteiger partial charge in [0.25, 0.3) is 11.4 Å². The summed E-state index contributed by atoms with van der Waals surface area (Å²) in [6.07, 6.45) is 5.46. The van der Waals surface area contributed by atoms with Gasteiger partial charge in [-0.15, -0.1) is 0 Å². The lowest BCUT2D eigenvalue weighted by atomic mass is 9.40. The molecule has 33 heavy (non-hydrogen) atoms. The Kier molecular flexibility index (Phi) is 4.37. The van der Waals surface area contributed by atoms with Crippen LogP contribution in [-0.4, -0.2) is 24.9 Å². The molecule has 3 aliphatic rings. The van der Waals surface area contributed by atoms with Crippen molar-refractivity contribution in [2.24, 2.45) is 19.5 Å². The van der Waals surface area contributed by atoms with E-state index in [9.17, 15) is 10.1 Å². The second kappa shape index (κ2) is 6.94. The predicted octanol–water partition coefficient (Wildman–Crippen LogP) is 3.47. The minimum absolute atomic E-state index is 0.179. The molecule has 2 heterocycles. The minimum Gasteiger partial charge on any atom is -0.436 e. The topological polar surface area (TPSA) is 122 Å². The Morgan fingerprint density at radius 1 is 1.12 bits per heavy atom. The fourth-order valence-corrected chi connectivity index (χ4v) is 5.19. The number of fused-ring (bicyclic) bond motifs is 1. The van der Waals surface area contributed by atoms with Gasteiger partial charge >= 0.3 is 0 Å². The molecule has 3 aromatic rings. The quantitative estimate of drug-likeness (QED) is 0.602. The van der Waals surface area contributed by atoms with Gasteiger partial charge in [-0.3, -0.25) is 14.2 Å². The highest BCUT2D eigenvalue weighted by atomic mass is 16.5. The van der Waals surface area contributed by atoms with Crippen LogP contribution in [0.3, 0.4) is 0 Å². The van der Waals surface area contributed by atoms with Crippen LogP contribution >= 0.6 is 0 Å². The van der Waals surface area contributed by atoms with Crippen LogP contribution in [0.15, 0.2) is 23.0 Å². The summed E-state index contributed by atoms with van der Waals surface area (Å²) >= 11 is 0. The van der Waals surface area contributed by atoms with Gasteiger partial charge in [-0.25, -0.2) is 4.98 Å². The molecule has 6 rings (SSSR count). The molecule has 0 amide bonds. The van der Waals surface area contributed by atoms with Crippen LogP contribution in [0.2, 0.25) is 0 Å². The number of rotatable bonds is 5. The maximum atomic E-state index is 12.8. The second-order valence-electron chi connectivity index (χ2n) is 9.28. The third-order valence-corrected chi connectivity index (χ3v) is 6.80. The second-order valence-corrected chi connectivity index (χ2v) is 9.28.